The molecule has 2 heterocycles. The number of pyridine rings is 1. The number of H-pyrrole nitrogens is 1. The smallest absolute Gasteiger partial charge is 0.237 e. The first-order chi connectivity index (χ1) is 19.3. The van der Waals surface area contributed by atoms with Gasteiger partial charge in [0.1, 0.15) is 0 Å². The summed E-state index contributed by atoms with van der Waals surface area (Å²) >= 11 is 0. The highest BCUT2D eigenvalue weighted by Crippen LogP contribution is 2.27. The number of aliphatic hydroxyl groups excluding tert-OH is 1. The number of hydrogen-bond acceptors (Lipinski definition) is 9. The van der Waals surface area contributed by atoms with Crippen molar-refractivity contribution < 1.29 is 19.5 Å². The second-order valence-corrected chi connectivity index (χ2v) is 11.9. The number of aromatic amines is 1. The van der Waals surface area contributed by atoms with Gasteiger partial charge in [-0.2, -0.15) is 0 Å². The van der Waals surface area contributed by atoms with E-state index < -0.39 is 35.9 Å². The number of carbonyl (C=O) groups excluding carboxylic acids is 3. The van der Waals surface area contributed by atoms with Gasteiger partial charge in [0.25, 0.3) is 0 Å². The fourth-order valence-electron chi connectivity index (χ4n) is 4.74. The van der Waals surface area contributed by atoms with E-state index in [9.17, 15) is 19.5 Å². The lowest BCUT2D eigenvalue weighted by atomic mass is 9.80. The first kappa shape index (κ1) is 34.2. The molecule has 2 aromatic rings. The molecule has 0 saturated heterocycles. The Hall–Kier alpha value is -2.99. The van der Waals surface area contributed by atoms with Gasteiger partial charge in [0.05, 0.1) is 42.4 Å². The summed E-state index contributed by atoms with van der Waals surface area (Å²) in [5, 5.41) is 13.6. The van der Waals surface area contributed by atoms with Crippen LogP contribution in [0.25, 0.3) is 0 Å². The molecule has 11 heteroatoms. The van der Waals surface area contributed by atoms with Crippen molar-refractivity contribution in [3.8, 4) is 0 Å². The van der Waals surface area contributed by atoms with Crippen molar-refractivity contribution in [3.05, 3.63) is 47.3 Å². The molecule has 0 aromatic carbocycles. The van der Waals surface area contributed by atoms with Crippen LogP contribution in [0.1, 0.15) is 92.9 Å². The molecule has 0 bridgehead atoms. The number of amides is 1. The number of nitrogens with two attached hydrogens (primary N) is 3. The lowest BCUT2D eigenvalue weighted by molar-refractivity contribution is -0.123. The largest absolute Gasteiger partial charge is 0.391 e. The number of imidazole rings is 1. The summed E-state index contributed by atoms with van der Waals surface area (Å²) in [4.78, 5) is 51.5. The van der Waals surface area contributed by atoms with Crippen LogP contribution in [0.2, 0.25) is 0 Å². The predicted molar refractivity (Wildman–Crippen MR) is 159 cm³/mol. The maximum absolute atomic E-state index is 13.9. The van der Waals surface area contributed by atoms with Crippen LogP contribution < -0.4 is 22.5 Å². The number of hydrogen-bond donors (Lipinski definition) is 6. The lowest BCUT2D eigenvalue weighted by Crippen LogP contribution is -2.44. The standard InChI is InChI=1S/C30H49N7O4/c1-7-18(6)27(33)30(41)36-13-19-9-22(29(40)25(32)10-20-12-34-15-37-20)23(14-35-19)28(39)21(17(4)5)11-26(38)24(31)8-16(2)3/h9,12,14-18,21,24-27,38H,7-8,10-11,13,31-33H2,1-6H3,(H,34,37)(H,36,41)/t18-,21?,24-,25?,26-,27-/m0/s1. The van der Waals surface area contributed by atoms with E-state index in [-0.39, 0.29) is 54.0 Å². The van der Waals surface area contributed by atoms with Gasteiger partial charge in [-0.1, -0.05) is 48.0 Å². The van der Waals surface area contributed by atoms with E-state index >= 15 is 0 Å². The zero-order valence-electron chi connectivity index (χ0n) is 25.3. The van der Waals surface area contributed by atoms with Crippen LogP contribution in [0, 0.1) is 23.7 Å². The molecule has 41 heavy (non-hydrogen) atoms. The first-order valence-corrected chi connectivity index (χ1v) is 14.5. The highest BCUT2D eigenvalue weighted by molar-refractivity contribution is 6.11. The van der Waals surface area contributed by atoms with Gasteiger partial charge in [-0.15, -0.1) is 0 Å². The Morgan fingerprint density at radius 2 is 1.66 bits per heavy atom. The number of nitrogens with zero attached hydrogens (tertiary/aromatic N) is 2. The number of aromatic nitrogens is 3. The average Bonchev–Trinajstić information content (AvgIpc) is 3.45. The van der Waals surface area contributed by atoms with Gasteiger partial charge < -0.3 is 32.6 Å². The van der Waals surface area contributed by atoms with E-state index in [1.807, 2.05) is 41.5 Å². The summed E-state index contributed by atoms with van der Waals surface area (Å²) in [7, 11) is 0. The fraction of sp³-hybridized carbons (Fsp3) is 0.633. The summed E-state index contributed by atoms with van der Waals surface area (Å²) < 4.78 is 0. The minimum Gasteiger partial charge on any atom is -0.391 e. The maximum atomic E-state index is 13.9. The number of Topliss-reactive ketones (excluding diaryl/α,β-unsaturated/α-hetero) is 2. The van der Waals surface area contributed by atoms with Crippen molar-refractivity contribution in [1.29, 1.82) is 0 Å². The van der Waals surface area contributed by atoms with Gasteiger partial charge in [-0.3, -0.25) is 19.4 Å². The number of carbonyl (C=O) groups is 3. The van der Waals surface area contributed by atoms with Crippen LogP contribution in [-0.2, 0) is 17.8 Å². The van der Waals surface area contributed by atoms with Crippen molar-refractivity contribution in [3.63, 3.8) is 0 Å². The molecule has 1 amide bonds. The Morgan fingerprint density at radius 3 is 2.22 bits per heavy atom. The van der Waals surface area contributed by atoms with Crippen LogP contribution in [0.3, 0.4) is 0 Å². The van der Waals surface area contributed by atoms with E-state index in [0.29, 0.717) is 23.7 Å². The summed E-state index contributed by atoms with van der Waals surface area (Å²) in [5.74, 6) is -1.52. The minimum absolute atomic E-state index is 0.00268. The molecular formula is C30H49N7O4. The molecule has 0 radical (unpaired) electrons. The molecule has 2 rings (SSSR count). The molecule has 0 saturated carbocycles. The second-order valence-electron chi connectivity index (χ2n) is 11.9. The van der Waals surface area contributed by atoms with E-state index in [2.05, 4.69) is 20.3 Å². The third kappa shape index (κ3) is 9.81. The summed E-state index contributed by atoms with van der Waals surface area (Å²) in [6.45, 7) is 11.7. The minimum atomic E-state index is -0.962. The third-order valence-corrected chi connectivity index (χ3v) is 7.69. The number of nitrogens with one attached hydrogen (secondary N) is 2. The SMILES string of the molecule is CC[C@H](C)[C@H](N)C(=O)NCc1cc(C(=O)C(N)Cc2c[nH]cn2)c(C(=O)C(C[C@H](O)[C@@H](N)CC(C)C)C(C)C)cn1. The van der Waals surface area contributed by atoms with E-state index in [4.69, 9.17) is 17.2 Å². The van der Waals surface area contributed by atoms with Gasteiger partial charge in [0.15, 0.2) is 11.6 Å². The van der Waals surface area contributed by atoms with Gasteiger partial charge in [0, 0.05) is 41.9 Å². The zero-order valence-corrected chi connectivity index (χ0v) is 25.3. The molecular weight excluding hydrogens is 522 g/mol. The average molecular weight is 572 g/mol. The van der Waals surface area contributed by atoms with Crippen LogP contribution in [0.5, 0.6) is 0 Å². The monoisotopic (exact) mass is 571 g/mol. The summed E-state index contributed by atoms with van der Waals surface area (Å²) in [5.41, 5.74) is 19.8. The zero-order chi connectivity index (χ0) is 30.9. The molecule has 0 spiro atoms. The number of aliphatic hydroxyl groups is 1. The summed E-state index contributed by atoms with van der Waals surface area (Å²) in [6.07, 6.45) is 5.34. The Bertz CT molecular complexity index is 1140. The topological polar surface area (TPSA) is 203 Å². The molecule has 0 aliphatic heterocycles. The normalized spacial score (nSPS) is 16.2. The van der Waals surface area contributed by atoms with E-state index in [0.717, 1.165) is 6.42 Å². The molecule has 2 unspecified atom stereocenters. The predicted octanol–water partition coefficient (Wildman–Crippen LogP) is 2.13. The first-order valence-electron chi connectivity index (χ1n) is 14.5. The molecule has 228 valence electrons. The van der Waals surface area contributed by atoms with Gasteiger partial charge in [-0.25, -0.2) is 4.98 Å². The second kappa shape index (κ2) is 15.9. The third-order valence-electron chi connectivity index (χ3n) is 7.69. The lowest BCUT2D eigenvalue weighted by Gasteiger charge is -2.27. The van der Waals surface area contributed by atoms with Crippen LogP contribution in [-0.4, -0.2) is 61.8 Å². The Kier molecular flexibility index (Phi) is 13.2. The van der Waals surface area contributed by atoms with Crippen molar-refractivity contribution in [2.45, 2.75) is 98.0 Å². The fourth-order valence-corrected chi connectivity index (χ4v) is 4.74. The highest BCUT2D eigenvalue weighted by atomic mass is 16.3. The van der Waals surface area contributed by atoms with Crippen molar-refractivity contribution in [2.24, 2.45) is 40.9 Å². The molecule has 0 aliphatic rings. The number of ketones is 2. The van der Waals surface area contributed by atoms with Gasteiger partial charge in [0.2, 0.25) is 5.91 Å². The van der Waals surface area contributed by atoms with Crippen LogP contribution in [0.15, 0.2) is 24.8 Å². The van der Waals surface area contributed by atoms with Crippen molar-refractivity contribution in [1.82, 2.24) is 20.3 Å². The van der Waals surface area contributed by atoms with Crippen LogP contribution >= 0.6 is 0 Å². The van der Waals surface area contributed by atoms with Gasteiger partial charge >= 0.3 is 0 Å². The Labute approximate surface area is 243 Å². The molecule has 6 atom stereocenters. The van der Waals surface area contributed by atoms with Crippen molar-refractivity contribution in [2.75, 3.05) is 0 Å². The molecule has 11 nitrogen and oxygen atoms in total. The van der Waals surface area contributed by atoms with Crippen molar-refractivity contribution >= 4 is 17.5 Å². The van der Waals surface area contributed by atoms with E-state index in [1.165, 1.54) is 18.6 Å². The molecule has 2 aromatic heterocycles. The van der Waals surface area contributed by atoms with Gasteiger partial charge in [-0.05, 0) is 36.7 Å². The number of rotatable bonds is 17. The highest BCUT2D eigenvalue weighted by Gasteiger charge is 2.32. The van der Waals surface area contributed by atoms with Crippen LogP contribution in [0.4, 0.5) is 0 Å². The molecule has 0 aliphatic carbocycles. The van der Waals surface area contributed by atoms with E-state index in [1.54, 1.807) is 6.20 Å². The maximum Gasteiger partial charge on any atom is 0.237 e. The quantitative estimate of drug-likeness (QED) is 0.154. The summed E-state index contributed by atoms with van der Waals surface area (Å²) in [6, 6.07) is -0.605. The Balaban J connectivity index is 2.40. The molecule has 9 N–H and O–H groups in total. The molecule has 0 fully saturated rings. The Morgan fingerprint density at radius 1 is 0.976 bits per heavy atom.